The Balaban J connectivity index is 1.34. The van der Waals surface area contributed by atoms with Gasteiger partial charge >= 0.3 is 0 Å². The SMILES string of the molecule is CCN(Cc1nc2ccccc2n1CC)C[C@@H]1CCCN(CCc2cccc(OC)c2)C1. The van der Waals surface area contributed by atoms with E-state index in [1.54, 1.807) is 7.11 Å². The summed E-state index contributed by atoms with van der Waals surface area (Å²) in [5.74, 6) is 2.88. The Kier molecular flexibility index (Phi) is 7.82. The molecule has 1 fully saturated rings. The number of benzene rings is 2. The second kappa shape index (κ2) is 11.0. The maximum absolute atomic E-state index is 5.38. The minimum atomic E-state index is 0.730. The minimum Gasteiger partial charge on any atom is -0.497 e. The number of para-hydroxylation sites is 2. The van der Waals surface area contributed by atoms with E-state index in [0.29, 0.717) is 0 Å². The van der Waals surface area contributed by atoms with E-state index in [-0.39, 0.29) is 0 Å². The Morgan fingerprint density at radius 1 is 1.12 bits per heavy atom. The number of aromatic nitrogens is 2. The van der Waals surface area contributed by atoms with Crippen LogP contribution in [0.15, 0.2) is 48.5 Å². The van der Waals surface area contributed by atoms with Gasteiger partial charge in [-0.25, -0.2) is 4.98 Å². The number of likely N-dealkylation sites (tertiary alicyclic amines) is 1. The van der Waals surface area contributed by atoms with Gasteiger partial charge in [-0.15, -0.1) is 0 Å². The summed E-state index contributed by atoms with van der Waals surface area (Å²) in [5, 5.41) is 0. The van der Waals surface area contributed by atoms with Gasteiger partial charge in [0.2, 0.25) is 0 Å². The summed E-state index contributed by atoms with van der Waals surface area (Å²) in [6.07, 6.45) is 3.71. The molecule has 4 rings (SSSR count). The van der Waals surface area contributed by atoms with Crippen LogP contribution < -0.4 is 4.74 Å². The molecular formula is C27H38N4O. The molecule has 0 unspecified atom stereocenters. The third kappa shape index (κ3) is 5.51. The van der Waals surface area contributed by atoms with Crippen molar-refractivity contribution in [2.45, 2.75) is 46.2 Å². The predicted molar refractivity (Wildman–Crippen MR) is 132 cm³/mol. The highest BCUT2D eigenvalue weighted by molar-refractivity contribution is 5.75. The topological polar surface area (TPSA) is 33.5 Å². The summed E-state index contributed by atoms with van der Waals surface area (Å²) in [4.78, 5) is 10.2. The number of ether oxygens (including phenoxy) is 1. The Labute approximate surface area is 193 Å². The van der Waals surface area contributed by atoms with E-state index < -0.39 is 0 Å². The van der Waals surface area contributed by atoms with E-state index in [1.807, 2.05) is 6.07 Å². The van der Waals surface area contributed by atoms with E-state index in [0.717, 1.165) is 56.3 Å². The third-order valence-electron chi connectivity index (χ3n) is 6.83. The second-order valence-electron chi connectivity index (χ2n) is 9.00. The van der Waals surface area contributed by atoms with Crippen LogP contribution in [0.4, 0.5) is 0 Å². The van der Waals surface area contributed by atoms with Gasteiger partial charge in [0.1, 0.15) is 11.6 Å². The molecule has 0 bridgehead atoms. The molecule has 0 saturated carbocycles. The van der Waals surface area contributed by atoms with Gasteiger partial charge in [0.25, 0.3) is 0 Å². The van der Waals surface area contributed by atoms with Crippen molar-refractivity contribution in [3.05, 3.63) is 59.9 Å². The maximum Gasteiger partial charge on any atom is 0.124 e. The van der Waals surface area contributed by atoms with Gasteiger partial charge in [-0.2, -0.15) is 0 Å². The Morgan fingerprint density at radius 3 is 2.81 bits per heavy atom. The fraction of sp³-hybridized carbons (Fsp3) is 0.519. The van der Waals surface area contributed by atoms with Crippen molar-refractivity contribution in [1.29, 1.82) is 0 Å². The van der Waals surface area contributed by atoms with Gasteiger partial charge in [0.05, 0.1) is 24.7 Å². The summed E-state index contributed by atoms with van der Waals surface area (Å²) in [5.41, 5.74) is 3.73. The molecule has 0 radical (unpaired) electrons. The Hall–Kier alpha value is -2.37. The Morgan fingerprint density at radius 2 is 2.00 bits per heavy atom. The van der Waals surface area contributed by atoms with E-state index in [9.17, 15) is 0 Å². The molecule has 5 heteroatoms. The lowest BCUT2D eigenvalue weighted by molar-refractivity contribution is 0.131. The summed E-state index contributed by atoms with van der Waals surface area (Å²) in [6, 6.07) is 17.0. The first-order valence-electron chi connectivity index (χ1n) is 12.2. The van der Waals surface area contributed by atoms with Crippen molar-refractivity contribution in [2.75, 3.05) is 39.8 Å². The van der Waals surface area contributed by atoms with Crippen LogP contribution in [-0.4, -0.2) is 59.2 Å². The first-order chi connectivity index (χ1) is 15.7. The molecule has 32 heavy (non-hydrogen) atoms. The van der Waals surface area contributed by atoms with Crippen molar-refractivity contribution < 1.29 is 4.74 Å². The fourth-order valence-electron chi connectivity index (χ4n) is 5.09. The van der Waals surface area contributed by atoms with Crippen molar-refractivity contribution in [3.8, 4) is 5.75 Å². The maximum atomic E-state index is 5.38. The summed E-state index contributed by atoms with van der Waals surface area (Å²) in [7, 11) is 1.74. The standard InChI is InChI=1S/C27H38N4O/c1-4-29(21-27-28-25-13-6-7-14-26(25)31(27)5-2)19-23-11-9-16-30(20-23)17-15-22-10-8-12-24(18-22)32-3/h6-8,10,12-14,18,23H,4-5,9,11,15-17,19-21H2,1-3H3/t23-/m0/s1. The highest BCUT2D eigenvalue weighted by Gasteiger charge is 2.22. The smallest absolute Gasteiger partial charge is 0.124 e. The molecule has 2 heterocycles. The zero-order valence-corrected chi connectivity index (χ0v) is 20.0. The van der Waals surface area contributed by atoms with Gasteiger partial charge in [0.15, 0.2) is 0 Å². The summed E-state index contributed by atoms with van der Waals surface area (Å²) in [6.45, 7) is 12.2. The van der Waals surface area contributed by atoms with Crippen LogP contribution in [-0.2, 0) is 19.5 Å². The molecule has 3 aromatic rings. The molecule has 0 aliphatic carbocycles. The monoisotopic (exact) mass is 434 g/mol. The highest BCUT2D eigenvalue weighted by Crippen LogP contribution is 2.21. The first kappa shape index (κ1) is 22.8. The lowest BCUT2D eigenvalue weighted by atomic mass is 9.97. The van der Waals surface area contributed by atoms with Crippen LogP contribution in [0.3, 0.4) is 0 Å². The van der Waals surface area contributed by atoms with Crippen molar-refractivity contribution in [2.24, 2.45) is 5.92 Å². The molecule has 0 spiro atoms. The van der Waals surface area contributed by atoms with Crippen LogP contribution in [0.2, 0.25) is 0 Å². The molecule has 0 N–H and O–H groups in total. The zero-order chi connectivity index (χ0) is 22.3. The number of hydrogen-bond donors (Lipinski definition) is 0. The first-order valence-corrected chi connectivity index (χ1v) is 12.2. The fourth-order valence-corrected chi connectivity index (χ4v) is 5.09. The molecule has 1 aromatic heterocycles. The number of fused-ring (bicyclic) bond motifs is 1. The number of hydrogen-bond acceptors (Lipinski definition) is 4. The number of imidazole rings is 1. The van der Waals surface area contributed by atoms with Crippen LogP contribution in [0.5, 0.6) is 5.75 Å². The molecule has 1 atom stereocenters. The molecule has 1 aliphatic heterocycles. The largest absolute Gasteiger partial charge is 0.497 e. The normalized spacial score (nSPS) is 17.3. The molecule has 5 nitrogen and oxygen atoms in total. The number of methoxy groups -OCH3 is 1. The van der Waals surface area contributed by atoms with Crippen molar-refractivity contribution in [3.63, 3.8) is 0 Å². The lowest BCUT2D eigenvalue weighted by Gasteiger charge is -2.35. The second-order valence-corrected chi connectivity index (χ2v) is 9.00. The molecule has 172 valence electrons. The lowest BCUT2D eigenvalue weighted by Crippen LogP contribution is -2.41. The van der Waals surface area contributed by atoms with Gasteiger partial charge in [-0.05, 0) is 75.0 Å². The van der Waals surface area contributed by atoms with E-state index in [4.69, 9.17) is 9.72 Å². The van der Waals surface area contributed by atoms with Gasteiger partial charge in [-0.1, -0.05) is 31.2 Å². The quantitative estimate of drug-likeness (QED) is 0.457. The zero-order valence-electron chi connectivity index (χ0n) is 20.0. The van der Waals surface area contributed by atoms with Gasteiger partial charge in [-0.3, -0.25) is 4.90 Å². The van der Waals surface area contributed by atoms with Crippen LogP contribution in [0, 0.1) is 5.92 Å². The van der Waals surface area contributed by atoms with Gasteiger partial charge < -0.3 is 14.2 Å². The number of aryl methyl sites for hydroxylation is 1. The molecule has 1 saturated heterocycles. The molecule has 0 amide bonds. The van der Waals surface area contributed by atoms with E-state index >= 15 is 0 Å². The average molecular weight is 435 g/mol. The predicted octanol–water partition coefficient (Wildman–Crippen LogP) is 4.84. The van der Waals surface area contributed by atoms with Crippen molar-refractivity contribution >= 4 is 11.0 Å². The average Bonchev–Trinajstić information content (AvgIpc) is 3.19. The Bertz CT molecular complexity index is 998. The summed E-state index contributed by atoms with van der Waals surface area (Å²) >= 11 is 0. The van der Waals surface area contributed by atoms with E-state index in [1.165, 1.54) is 42.8 Å². The van der Waals surface area contributed by atoms with Crippen LogP contribution in [0.1, 0.15) is 38.1 Å². The number of rotatable bonds is 10. The minimum absolute atomic E-state index is 0.730. The van der Waals surface area contributed by atoms with Crippen molar-refractivity contribution in [1.82, 2.24) is 19.4 Å². The molecule has 1 aliphatic rings. The third-order valence-corrected chi connectivity index (χ3v) is 6.83. The summed E-state index contributed by atoms with van der Waals surface area (Å²) < 4.78 is 7.75. The van der Waals surface area contributed by atoms with E-state index in [2.05, 4.69) is 70.7 Å². The van der Waals surface area contributed by atoms with Gasteiger partial charge in [0, 0.05) is 26.2 Å². The number of piperidine rings is 1. The molecular weight excluding hydrogens is 396 g/mol. The van der Waals surface area contributed by atoms with Crippen LogP contribution in [0.25, 0.3) is 11.0 Å². The van der Waals surface area contributed by atoms with Crippen LogP contribution >= 0.6 is 0 Å². The molecule has 2 aromatic carbocycles. The highest BCUT2D eigenvalue weighted by atomic mass is 16.5. The number of nitrogens with zero attached hydrogens (tertiary/aromatic N) is 4.